The summed E-state index contributed by atoms with van der Waals surface area (Å²) < 4.78 is 27.0. The zero-order valence-corrected chi connectivity index (χ0v) is 19.3. The Bertz CT molecular complexity index is 1420. The zero-order valence-electron chi connectivity index (χ0n) is 19.3. The molecule has 5 N–H and O–H groups in total. The molecule has 0 amide bonds. The molecule has 9 heteroatoms. The fraction of sp³-hybridized carbons (Fsp3) is 0.269. The Balaban J connectivity index is 1.33. The van der Waals surface area contributed by atoms with Crippen LogP contribution in [0.15, 0.2) is 58.7 Å². The van der Waals surface area contributed by atoms with E-state index < -0.39 is 5.92 Å². The van der Waals surface area contributed by atoms with Crippen molar-refractivity contribution in [1.29, 1.82) is 0 Å². The SMILES string of the molecule is Cc1nc2ccc(N=C(N)C(=CN)C(=O)C3=Cc4cc(CN5CCC(F)(F)C5)ccc4C3)cc2[nH]1. The third kappa shape index (κ3) is 4.72. The molecule has 35 heavy (non-hydrogen) atoms. The summed E-state index contributed by atoms with van der Waals surface area (Å²) >= 11 is 0. The van der Waals surface area contributed by atoms with Gasteiger partial charge in [0.2, 0.25) is 0 Å². The second kappa shape index (κ2) is 8.74. The lowest BCUT2D eigenvalue weighted by Gasteiger charge is -2.16. The Labute approximate surface area is 201 Å². The van der Waals surface area contributed by atoms with Crippen molar-refractivity contribution >= 4 is 34.4 Å². The van der Waals surface area contributed by atoms with Crippen molar-refractivity contribution in [3.63, 3.8) is 0 Å². The summed E-state index contributed by atoms with van der Waals surface area (Å²) in [5.41, 5.74) is 17.7. The quantitative estimate of drug-likeness (QED) is 0.285. The molecule has 0 saturated carbocycles. The summed E-state index contributed by atoms with van der Waals surface area (Å²) in [6, 6.07) is 11.2. The number of aliphatic imine (C=N–C) groups is 1. The first-order valence-corrected chi connectivity index (χ1v) is 11.4. The second-order valence-electron chi connectivity index (χ2n) is 9.13. The van der Waals surface area contributed by atoms with Crippen LogP contribution in [-0.2, 0) is 17.8 Å². The Kier molecular flexibility index (Phi) is 5.72. The van der Waals surface area contributed by atoms with Gasteiger partial charge in [-0.15, -0.1) is 0 Å². The van der Waals surface area contributed by atoms with Crippen molar-refractivity contribution in [2.24, 2.45) is 16.5 Å². The Morgan fingerprint density at radius 2 is 2.11 bits per heavy atom. The van der Waals surface area contributed by atoms with Crippen molar-refractivity contribution in [3.8, 4) is 0 Å². The summed E-state index contributed by atoms with van der Waals surface area (Å²) in [4.78, 5) is 26.9. The second-order valence-corrected chi connectivity index (χ2v) is 9.13. The summed E-state index contributed by atoms with van der Waals surface area (Å²) in [7, 11) is 0. The molecule has 2 aliphatic rings. The maximum absolute atomic E-state index is 13.5. The molecule has 180 valence electrons. The van der Waals surface area contributed by atoms with Gasteiger partial charge in [0, 0.05) is 37.7 Å². The molecule has 5 rings (SSSR count). The number of alkyl halides is 2. The van der Waals surface area contributed by atoms with Gasteiger partial charge in [0.05, 0.1) is 28.8 Å². The van der Waals surface area contributed by atoms with Crippen LogP contribution in [0.2, 0.25) is 0 Å². The van der Waals surface area contributed by atoms with Crippen molar-refractivity contribution < 1.29 is 13.6 Å². The summed E-state index contributed by atoms with van der Waals surface area (Å²) in [6.07, 6.45) is 3.34. The molecule has 3 aromatic rings. The smallest absolute Gasteiger partial charge is 0.261 e. The van der Waals surface area contributed by atoms with E-state index in [9.17, 15) is 13.6 Å². The predicted octanol–water partition coefficient (Wildman–Crippen LogP) is 3.75. The molecular formula is C26H26F2N6O. The van der Waals surface area contributed by atoms with E-state index in [4.69, 9.17) is 11.5 Å². The molecular weight excluding hydrogens is 450 g/mol. The number of likely N-dealkylation sites (tertiary alicyclic amines) is 1. The number of imidazole rings is 1. The molecule has 1 saturated heterocycles. The third-order valence-electron chi connectivity index (χ3n) is 6.39. The molecule has 1 aromatic heterocycles. The fourth-order valence-electron chi connectivity index (χ4n) is 4.67. The molecule has 0 spiro atoms. The number of aromatic amines is 1. The van der Waals surface area contributed by atoms with Crippen LogP contribution in [-0.4, -0.2) is 45.5 Å². The zero-order chi connectivity index (χ0) is 24.7. The van der Waals surface area contributed by atoms with E-state index in [-0.39, 0.29) is 30.2 Å². The summed E-state index contributed by atoms with van der Waals surface area (Å²) in [5.74, 6) is -2.09. The number of rotatable bonds is 6. The van der Waals surface area contributed by atoms with Crippen molar-refractivity contribution in [2.75, 3.05) is 13.1 Å². The number of nitrogens with two attached hydrogens (primary N) is 2. The van der Waals surface area contributed by atoms with E-state index >= 15 is 0 Å². The highest BCUT2D eigenvalue weighted by Gasteiger charge is 2.38. The number of halogens is 2. The molecule has 1 fully saturated rings. The number of fused-ring (bicyclic) bond motifs is 2. The fourth-order valence-corrected chi connectivity index (χ4v) is 4.67. The topological polar surface area (TPSA) is 113 Å². The molecule has 1 aliphatic heterocycles. The number of aromatic nitrogens is 2. The average Bonchev–Trinajstić information content (AvgIpc) is 3.48. The minimum absolute atomic E-state index is 0.0283. The van der Waals surface area contributed by atoms with Crippen LogP contribution in [0.25, 0.3) is 17.1 Å². The van der Waals surface area contributed by atoms with Gasteiger partial charge in [0.1, 0.15) is 11.7 Å². The number of hydrogen-bond acceptors (Lipinski definition) is 5. The number of H-pyrrole nitrogens is 1. The van der Waals surface area contributed by atoms with Gasteiger partial charge in [-0.2, -0.15) is 0 Å². The molecule has 2 heterocycles. The van der Waals surface area contributed by atoms with Crippen molar-refractivity contribution in [2.45, 2.75) is 32.2 Å². The number of benzene rings is 2. The number of carbonyl (C=O) groups is 1. The number of carbonyl (C=O) groups excluding carboxylic acids is 1. The van der Waals surface area contributed by atoms with E-state index in [0.29, 0.717) is 30.8 Å². The normalized spacial score (nSPS) is 18.2. The number of allylic oxidation sites excluding steroid dienone is 1. The maximum Gasteiger partial charge on any atom is 0.261 e. The number of nitrogens with zero attached hydrogens (tertiary/aromatic N) is 3. The van der Waals surface area contributed by atoms with Crippen LogP contribution in [0.1, 0.15) is 28.9 Å². The van der Waals surface area contributed by atoms with Gasteiger partial charge in [-0.05, 0) is 47.9 Å². The standard InChI is InChI=1S/C26H26F2N6O/c1-15-31-22-5-4-20(11-23(22)32-15)33-25(30)21(12-29)24(35)19-9-17-3-2-16(8-18(17)10-19)13-34-7-6-26(27,28)14-34/h2-5,8,10-12H,6-7,9,13-14,29H2,1H3,(H2,30,33)(H,31,32). The molecule has 0 atom stereocenters. The Hall–Kier alpha value is -3.85. The van der Waals surface area contributed by atoms with E-state index in [2.05, 4.69) is 15.0 Å². The van der Waals surface area contributed by atoms with Crippen LogP contribution in [0.5, 0.6) is 0 Å². The lowest BCUT2D eigenvalue weighted by molar-refractivity contribution is -0.111. The Morgan fingerprint density at radius 3 is 2.86 bits per heavy atom. The van der Waals surface area contributed by atoms with Gasteiger partial charge in [-0.1, -0.05) is 18.2 Å². The monoisotopic (exact) mass is 476 g/mol. The number of hydrogen-bond donors (Lipinski definition) is 3. The van der Waals surface area contributed by atoms with Crippen LogP contribution < -0.4 is 11.5 Å². The first kappa shape index (κ1) is 22.9. The van der Waals surface area contributed by atoms with Crippen molar-refractivity contribution in [1.82, 2.24) is 14.9 Å². The lowest BCUT2D eigenvalue weighted by Crippen LogP contribution is -2.24. The van der Waals surface area contributed by atoms with Gasteiger partial charge in [0.25, 0.3) is 5.92 Å². The summed E-state index contributed by atoms with van der Waals surface area (Å²) in [6.45, 7) is 2.47. The predicted molar refractivity (Wildman–Crippen MR) is 132 cm³/mol. The van der Waals surface area contributed by atoms with Gasteiger partial charge >= 0.3 is 0 Å². The molecule has 7 nitrogen and oxygen atoms in total. The number of ketones is 1. The highest BCUT2D eigenvalue weighted by Crippen LogP contribution is 2.31. The first-order valence-electron chi connectivity index (χ1n) is 11.4. The highest BCUT2D eigenvalue weighted by atomic mass is 19.3. The van der Waals surface area contributed by atoms with Crippen molar-refractivity contribution in [3.05, 3.63) is 76.3 Å². The minimum Gasteiger partial charge on any atom is -0.404 e. The van der Waals surface area contributed by atoms with Gasteiger partial charge in [0.15, 0.2) is 5.78 Å². The van der Waals surface area contributed by atoms with Crippen LogP contribution in [0.3, 0.4) is 0 Å². The van der Waals surface area contributed by atoms with E-state index in [1.165, 1.54) is 6.20 Å². The first-order chi connectivity index (χ1) is 16.7. The molecule has 0 unspecified atom stereocenters. The molecule has 0 radical (unpaired) electrons. The highest BCUT2D eigenvalue weighted by molar-refractivity contribution is 6.28. The van der Waals surface area contributed by atoms with Gasteiger partial charge in [-0.25, -0.2) is 18.8 Å². The van der Waals surface area contributed by atoms with Gasteiger partial charge < -0.3 is 16.5 Å². The van der Waals surface area contributed by atoms with Crippen LogP contribution in [0, 0.1) is 6.92 Å². The van der Waals surface area contributed by atoms with E-state index in [0.717, 1.165) is 33.5 Å². The van der Waals surface area contributed by atoms with Crippen LogP contribution in [0.4, 0.5) is 14.5 Å². The molecule has 0 bridgehead atoms. The van der Waals surface area contributed by atoms with Gasteiger partial charge in [-0.3, -0.25) is 9.69 Å². The maximum atomic E-state index is 13.5. The lowest BCUT2D eigenvalue weighted by atomic mass is 10.0. The van der Waals surface area contributed by atoms with E-state index in [1.54, 1.807) is 11.0 Å². The Morgan fingerprint density at radius 1 is 1.29 bits per heavy atom. The molecule has 2 aromatic carbocycles. The summed E-state index contributed by atoms with van der Waals surface area (Å²) in [5, 5.41) is 0. The number of nitrogens with one attached hydrogen (secondary N) is 1. The third-order valence-corrected chi connectivity index (χ3v) is 6.39. The number of Topliss-reactive ketones (excluding diaryl/α,β-unsaturated/α-hetero) is 1. The van der Waals surface area contributed by atoms with E-state index in [1.807, 2.05) is 43.3 Å². The molecule has 1 aliphatic carbocycles. The number of aryl methyl sites for hydroxylation is 1. The average molecular weight is 477 g/mol. The largest absolute Gasteiger partial charge is 0.404 e. The number of amidine groups is 1. The minimum atomic E-state index is -2.62. The van der Waals surface area contributed by atoms with Crippen LogP contribution >= 0.6 is 0 Å².